The van der Waals surface area contributed by atoms with Gasteiger partial charge in [0.15, 0.2) is 6.61 Å². The Balaban J connectivity index is 1.55. The summed E-state index contributed by atoms with van der Waals surface area (Å²) in [5.41, 5.74) is 5.01. The summed E-state index contributed by atoms with van der Waals surface area (Å²) >= 11 is 6.96. The molecule has 3 rings (SSSR count). The predicted molar refractivity (Wildman–Crippen MR) is 124 cm³/mol. The number of amides is 2. The number of fused-ring (bicyclic) bond motifs is 1. The fraction of sp³-hybridized carbons (Fsp3) is 0.182. The average Bonchev–Trinajstić information content (AvgIpc) is 2.77. The number of benzene rings is 3. The van der Waals surface area contributed by atoms with E-state index in [1.807, 2.05) is 24.3 Å². The first kappa shape index (κ1) is 23.1. The molecule has 0 spiro atoms. The molecule has 2 N–H and O–H groups in total. The van der Waals surface area contributed by atoms with Gasteiger partial charge in [-0.2, -0.15) is 0 Å². The Morgan fingerprint density at radius 1 is 0.903 bits per heavy atom. The third-order valence-corrected chi connectivity index (χ3v) is 5.54. The van der Waals surface area contributed by atoms with Gasteiger partial charge in [-0.15, -0.1) is 0 Å². The van der Waals surface area contributed by atoms with Gasteiger partial charge in [-0.3, -0.25) is 20.4 Å². The van der Waals surface area contributed by atoms with Crippen molar-refractivity contribution in [2.45, 2.75) is 0 Å². The molecular weight excluding hydrogens is 532 g/mol. The molecule has 0 aliphatic heterocycles. The monoisotopic (exact) mass is 550 g/mol. The summed E-state index contributed by atoms with van der Waals surface area (Å²) < 4.78 is 17.8. The number of ether oxygens (including phenoxy) is 3. The van der Waals surface area contributed by atoms with Gasteiger partial charge >= 0.3 is 0 Å². The van der Waals surface area contributed by atoms with Crippen LogP contribution in [0.15, 0.2) is 63.5 Å². The van der Waals surface area contributed by atoms with E-state index in [0.717, 1.165) is 19.7 Å². The fourth-order valence-corrected chi connectivity index (χ4v) is 3.73. The highest BCUT2D eigenvalue weighted by Gasteiger charge is 2.14. The minimum absolute atomic E-state index is 0.271. The molecule has 0 saturated carbocycles. The van der Waals surface area contributed by atoms with E-state index in [1.165, 1.54) is 0 Å². The van der Waals surface area contributed by atoms with Crippen LogP contribution < -0.4 is 20.3 Å². The average molecular weight is 552 g/mol. The number of halogens is 2. The Bertz CT molecular complexity index is 1090. The van der Waals surface area contributed by atoms with E-state index in [0.29, 0.717) is 30.3 Å². The molecule has 2 amide bonds. The second-order valence-corrected chi connectivity index (χ2v) is 8.08. The number of nitrogens with one attached hydrogen (secondary N) is 2. The lowest BCUT2D eigenvalue weighted by atomic mass is 10.1. The second-order valence-electron chi connectivity index (χ2n) is 6.37. The van der Waals surface area contributed by atoms with Gasteiger partial charge in [-0.1, -0.05) is 40.2 Å². The number of carbonyl (C=O) groups excluding carboxylic acids is 2. The Morgan fingerprint density at radius 2 is 1.71 bits per heavy atom. The van der Waals surface area contributed by atoms with Gasteiger partial charge in [-0.25, -0.2) is 0 Å². The van der Waals surface area contributed by atoms with E-state index in [2.05, 4.69) is 42.7 Å². The zero-order valence-corrected chi connectivity index (χ0v) is 19.8. The molecule has 7 nitrogen and oxygen atoms in total. The standard InChI is InChI=1S/C22H20Br2N2O5/c1-29-10-11-30-18-5-3-2-4-17(18)22(28)26-25-20(27)13-31-19-9-6-14-12-15(23)7-8-16(14)21(19)24/h2-9,12H,10-11,13H2,1H3,(H,25,27)(H,26,28). The molecule has 0 unspecified atom stereocenters. The molecule has 0 aromatic heterocycles. The van der Waals surface area contributed by atoms with Crippen LogP contribution in [0.1, 0.15) is 10.4 Å². The predicted octanol–water partition coefficient (Wildman–Crippen LogP) is 4.23. The van der Waals surface area contributed by atoms with Crippen LogP contribution in [-0.2, 0) is 9.53 Å². The van der Waals surface area contributed by atoms with Crippen molar-refractivity contribution in [3.63, 3.8) is 0 Å². The maximum Gasteiger partial charge on any atom is 0.276 e. The zero-order valence-electron chi connectivity index (χ0n) is 16.6. The van der Waals surface area contributed by atoms with Crippen LogP contribution in [0.5, 0.6) is 11.5 Å². The van der Waals surface area contributed by atoms with Gasteiger partial charge < -0.3 is 14.2 Å². The molecule has 31 heavy (non-hydrogen) atoms. The Hall–Kier alpha value is -2.62. The minimum atomic E-state index is -0.506. The highest BCUT2D eigenvalue weighted by Crippen LogP contribution is 2.34. The zero-order chi connectivity index (χ0) is 22.2. The molecule has 9 heteroatoms. The van der Waals surface area contributed by atoms with Crippen molar-refractivity contribution in [3.8, 4) is 11.5 Å². The normalized spacial score (nSPS) is 10.5. The molecule has 3 aromatic carbocycles. The number of carbonyl (C=O) groups is 2. The van der Waals surface area contributed by atoms with Crippen LogP contribution in [0.2, 0.25) is 0 Å². The highest BCUT2D eigenvalue weighted by molar-refractivity contribution is 9.11. The van der Waals surface area contributed by atoms with E-state index in [1.54, 1.807) is 37.4 Å². The first-order valence-electron chi connectivity index (χ1n) is 9.30. The van der Waals surface area contributed by atoms with E-state index in [4.69, 9.17) is 14.2 Å². The number of rotatable bonds is 8. The Kier molecular flexibility index (Phi) is 8.27. The molecule has 0 aliphatic carbocycles. The van der Waals surface area contributed by atoms with Crippen molar-refractivity contribution in [2.75, 3.05) is 26.9 Å². The third-order valence-electron chi connectivity index (χ3n) is 4.23. The van der Waals surface area contributed by atoms with E-state index < -0.39 is 11.8 Å². The Labute approximate surface area is 196 Å². The SMILES string of the molecule is COCCOc1ccccc1C(=O)NNC(=O)COc1ccc2cc(Br)ccc2c1Br. The van der Waals surface area contributed by atoms with Crippen LogP contribution >= 0.6 is 31.9 Å². The van der Waals surface area contributed by atoms with Crippen molar-refractivity contribution in [3.05, 3.63) is 69.1 Å². The number of hydrazine groups is 1. The first-order valence-corrected chi connectivity index (χ1v) is 10.9. The maximum absolute atomic E-state index is 12.4. The molecule has 0 bridgehead atoms. The topological polar surface area (TPSA) is 85.9 Å². The maximum atomic E-state index is 12.4. The summed E-state index contributed by atoms with van der Waals surface area (Å²) in [5, 5.41) is 1.98. The molecule has 0 radical (unpaired) electrons. The third kappa shape index (κ3) is 6.19. The molecule has 0 heterocycles. The first-order chi connectivity index (χ1) is 15.0. The number of hydrogen-bond donors (Lipinski definition) is 2. The summed E-state index contributed by atoms with van der Waals surface area (Å²) in [7, 11) is 1.56. The van der Waals surface area contributed by atoms with E-state index in [-0.39, 0.29) is 6.61 Å². The van der Waals surface area contributed by atoms with Crippen LogP contribution in [-0.4, -0.2) is 38.7 Å². The van der Waals surface area contributed by atoms with Gasteiger partial charge in [0.25, 0.3) is 11.8 Å². The Morgan fingerprint density at radius 3 is 2.52 bits per heavy atom. The summed E-state index contributed by atoms with van der Waals surface area (Å²) in [6.45, 7) is 0.428. The lowest BCUT2D eigenvalue weighted by Gasteiger charge is -2.13. The van der Waals surface area contributed by atoms with Gasteiger partial charge in [-0.05, 0) is 57.0 Å². The van der Waals surface area contributed by atoms with Crippen molar-refractivity contribution in [2.24, 2.45) is 0 Å². The fourth-order valence-electron chi connectivity index (χ4n) is 2.74. The highest BCUT2D eigenvalue weighted by atomic mass is 79.9. The van der Waals surface area contributed by atoms with Crippen molar-refractivity contribution in [1.29, 1.82) is 0 Å². The van der Waals surface area contributed by atoms with Crippen LogP contribution in [0, 0.1) is 0 Å². The van der Waals surface area contributed by atoms with Crippen molar-refractivity contribution >= 4 is 54.4 Å². The molecule has 3 aromatic rings. The van der Waals surface area contributed by atoms with Crippen molar-refractivity contribution < 1.29 is 23.8 Å². The van der Waals surface area contributed by atoms with E-state index >= 15 is 0 Å². The van der Waals surface area contributed by atoms with Crippen LogP contribution in [0.4, 0.5) is 0 Å². The largest absolute Gasteiger partial charge is 0.490 e. The van der Waals surface area contributed by atoms with Gasteiger partial charge in [0.05, 0.1) is 16.6 Å². The number of methoxy groups -OCH3 is 1. The minimum Gasteiger partial charge on any atom is -0.490 e. The van der Waals surface area contributed by atoms with Gasteiger partial charge in [0.2, 0.25) is 0 Å². The summed E-state index contributed by atoms with van der Waals surface area (Å²) in [6, 6.07) is 16.3. The van der Waals surface area contributed by atoms with Crippen molar-refractivity contribution in [1.82, 2.24) is 10.9 Å². The van der Waals surface area contributed by atoms with Crippen LogP contribution in [0.3, 0.4) is 0 Å². The lowest BCUT2D eigenvalue weighted by molar-refractivity contribution is -0.123. The molecule has 0 atom stereocenters. The quantitative estimate of drug-likeness (QED) is 0.323. The number of hydrogen-bond acceptors (Lipinski definition) is 5. The molecule has 0 saturated heterocycles. The summed E-state index contributed by atoms with van der Waals surface area (Å²) in [6.07, 6.45) is 0. The lowest BCUT2D eigenvalue weighted by Crippen LogP contribution is -2.44. The molecular formula is C22H20Br2N2O5. The second kappa shape index (κ2) is 11.1. The molecule has 0 aliphatic rings. The molecule has 0 fully saturated rings. The summed E-state index contributed by atoms with van der Waals surface area (Å²) in [5.74, 6) is -0.0877. The summed E-state index contributed by atoms with van der Waals surface area (Å²) in [4.78, 5) is 24.6. The van der Waals surface area contributed by atoms with Gasteiger partial charge in [0, 0.05) is 11.6 Å². The smallest absolute Gasteiger partial charge is 0.276 e. The molecule has 162 valence electrons. The van der Waals surface area contributed by atoms with Gasteiger partial charge in [0.1, 0.15) is 18.1 Å². The number of para-hydroxylation sites is 1. The van der Waals surface area contributed by atoms with Crippen LogP contribution in [0.25, 0.3) is 10.8 Å². The van der Waals surface area contributed by atoms with E-state index in [9.17, 15) is 9.59 Å².